The number of rotatable bonds is 5. The van der Waals surface area contributed by atoms with Crippen LogP contribution in [0, 0.1) is 0 Å². The summed E-state index contributed by atoms with van der Waals surface area (Å²) in [7, 11) is 0. The molecular formula is C18H15ClN2O2. The molecule has 1 heterocycles. The highest BCUT2D eigenvalue weighted by Gasteiger charge is 2.18. The summed E-state index contributed by atoms with van der Waals surface area (Å²) in [5.74, 6) is -0.896. The lowest BCUT2D eigenvalue weighted by molar-refractivity contribution is -0.137. The van der Waals surface area contributed by atoms with E-state index in [2.05, 4.69) is 10.3 Å². The van der Waals surface area contributed by atoms with E-state index in [9.17, 15) is 9.90 Å². The average molecular weight is 327 g/mol. The summed E-state index contributed by atoms with van der Waals surface area (Å²) in [6, 6.07) is 16.0. The highest BCUT2D eigenvalue weighted by Crippen LogP contribution is 2.25. The summed E-state index contributed by atoms with van der Waals surface area (Å²) in [6.07, 6.45) is 2.04. The fourth-order valence-electron chi connectivity index (χ4n) is 2.48. The Labute approximate surface area is 138 Å². The standard InChI is InChI=1S/C18H15ClN2O2/c19-13-6-7-14-15(8-9-20-16(14)11-13)21-17(18(22)23)10-12-4-2-1-3-5-12/h1-9,11,17H,10H2,(H,20,21)(H,22,23). The van der Waals surface area contributed by atoms with Crippen LogP contribution in [-0.4, -0.2) is 22.1 Å². The van der Waals surface area contributed by atoms with Crippen LogP contribution in [0.25, 0.3) is 10.9 Å². The molecule has 0 aliphatic rings. The van der Waals surface area contributed by atoms with Gasteiger partial charge in [0.05, 0.1) is 5.52 Å². The van der Waals surface area contributed by atoms with Crippen molar-refractivity contribution in [1.82, 2.24) is 4.98 Å². The molecule has 1 aromatic heterocycles. The van der Waals surface area contributed by atoms with Gasteiger partial charge in [-0.1, -0.05) is 41.9 Å². The van der Waals surface area contributed by atoms with Gasteiger partial charge in [0.2, 0.25) is 0 Å². The highest BCUT2D eigenvalue weighted by atomic mass is 35.5. The molecule has 0 radical (unpaired) electrons. The Bertz CT molecular complexity index is 837. The molecule has 0 fully saturated rings. The summed E-state index contributed by atoms with van der Waals surface area (Å²) >= 11 is 5.98. The van der Waals surface area contributed by atoms with Gasteiger partial charge < -0.3 is 10.4 Å². The predicted octanol–water partition coefficient (Wildman–Crippen LogP) is 4.00. The third kappa shape index (κ3) is 3.60. The molecule has 0 saturated carbocycles. The largest absolute Gasteiger partial charge is 0.480 e. The van der Waals surface area contributed by atoms with E-state index in [0.29, 0.717) is 11.4 Å². The molecule has 0 saturated heterocycles. The van der Waals surface area contributed by atoms with E-state index in [1.54, 1.807) is 24.4 Å². The van der Waals surface area contributed by atoms with Crippen molar-refractivity contribution < 1.29 is 9.90 Å². The van der Waals surface area contributed by atoms with Crippen LogP contribution in [0.15, 0.2) is 60.8 Å². The van der Waals surface area contributed by atoms with Gasteiger partial charge in [-0.05, 0) is 29.8 Å². The lowest BCUT2D eigenvalue weighted by Gasteiger charge is -2.17. The second-order valence-corrected chi connectivity index (χ2v) is 5.68. The molecule has 2 aromatic carbocycles. The Morgan fingerprint density at radius 2 is 1.96 bits per heavy atom. The molecule has 116 valence electrons. The number of carbonyl (C=O) groups is 1. The van der Waals surface area contributed by atoms with E-state index >= 15 is 0 Å². The Kier molecular flexibility index (Phi) is 4.44. The number of benzene rings is 2. The van der Waals surface area contributed by atoms with Crippen molar-refractivity contribution in [2.45, 2.75) is 12.5 Å². The van der Waals surface area contributed by atoms with E-state index in [0.717, 1.165) is 22.2 Å². The number of hydrogen-bond acceptors (Lipinski definition) is 3. The third-order valence-electron chi connectivity index (χ3n) is 3.62. The van der Waals surface area contributed by atoms with E-state index in [1.807, 2.05) is 36.4 Å². The number of halogens is 1. The van der Waals surface area contributed by atoms with Gasteiger partial charge in [0.1, 0.15) is 6.04 Å². The van der Waals surface area contributed by atoms with E-state index in [-0.39, 0.29) is 0 Å². The van der Waals surface area contributed by atoms with Gasteiger partial charge in [-0.2, -0.15) is 0 Å². The van der Waals surface area contributed by atoms with Gasteiger partial charge in [-0.3, -0.25) is 4.98 Å². The van der Waals surface area contributed by atoms with Crippen LogP contribution in [-0.2, 0) is 11.2 Å². The van der Waals surface area contributed by atoms with Crippen LogP contribution in [0.3, 0.4) is 0 Å². The summed E-state index contributed by atoms with van der Waals surface area (Å²) in [5, 5.41) is 14.1. The van der Waals surface area contributed by atoms with Gasteiger partial charge in [0.15, 0.2) is 0 Å². The van der Waals surface area contributed by atoms with Crippen molar-refractivity contribution in [1.29, 1.82) is 0 Å². The van der Waals surface area contributed by atoms with Crippen molar-refractivity contribution in [3.8, 4) is 0 Å². The SMILES string of the molecule is O=C(O)C(Cc1ccccc1)Nc1ccnc2cc(Cl)ccc12. The molecule has 0 spiro atoms. The molecule has 0 aliphatic carbocycles. The maximum Gasteiger partial charge on any atom is 0.326 e. The van der Waals surface area contributed by atoms with Gasteiger partial charge in [0.25, 0.3) is 0 Å². The zero-order valence-electron chi connectivity index (χ0n) is 12.2. The number of carboxylic acid groups (broad SMARTS) is 1. The monoisotopic (exact) mass is 326 g/mol. The molecule has 4 nitrogen and oxygen atoms in total. The minimum absolute atomic E-state index is 0.396. The maximum atomic E-state index is 11.6. The molecule has 2 N–H and O–H groups in total. The molecule has 0 amide bonds. The van der Waals surface area contributed by atoms with Gasteiger partial charge in [-0.25, -0.2) is 4.79 Å². The normalized spacial score (nSPS) is 12.0. The smallest absolute Gasteiger partial charge is 0.326 e. The van der Waals surface area contributed by atoms with E-state index in [4.69, 9.17) is 11.6 Å². The second-order valence-electron chi connectivity index (χ2n) is 5.24. The quantitative estimate of drug-likeness (QED) is 0.744. The average Bonchev–Trinajstić information content (AvgIpc) is 2.55. The van der Waals surface area contributed by atoms with Crippen molar-refractivity contribution in [3.05, 3.63) is 71.4 Å². The zero-order chi connectivity index (χ0) is 16.2. The number of aliphatic carboxylic acids is 1. The number of nitrogens with one attached hydrogen (secondary N) is 1. The first-order valence-electron chi connectivity index (χ1n) is 7.21. The number of carboxylic acids is 1. The topological polar surface area (TPSA) is 62.2 Å². The summed E-state index contributed by atoms with van der Waals surface area (Å²) in [6.45, 7) is 0. The molecule has 1 atom stereocenters. The number of aromatic nitrogens is 1. The van der Waals surface area contributed by atoms with Gasteiger partial charge >= 0.3 is 5.97 Å². The molecular weight excluding hydrogens is 312 g/mol. The van der Waals surface area contributed by atoms with Gasteiger partial charge in [0, 0.05) is 28.7 Å². The maximum absolute atomic E-state index is 11.6. The molecule has 5 heteroatoms. The fourth-order valence-corrected chi connectivity index (χ4v) is 2.65. The number of hydrogen-bond donors (Lipinski definition) is 2. The van der Waals surface area contributed by atoms with Crippen LogP contribution in [0.1, 0.15) is 5.56 Å². The van der Waals surface area contributed by atoms with E-state index in [1.165, 1.54) is 0 Å². The number of pyridine rings is 1. The molecule has 3 rings (SSSR count). The summed E-state index contributed by atoms with van der Waals surface area (Å²) < 4.78 is 0. The minimum atomic E-state index is -0.896. The molecule has 1 unspecified atom stereocenters. The predicted molar refractivity (Wildman–Crippen MR) is 91.9 cm³/mol. The Morgan fingerprint density at radius 3 is 2.70 bits per heavy atom. The van der Waals surface area contributed by atoms with Crippen molar-refractivity contribution in [2.24, 2.45) is 0 Å². The number of anilines is 1. The number of nitrogens with zero attached hydrogens (tertiary/aromatic N) is 1. The summed E-state index contributed by atoms with van der Waals surface area (Å²) in [5.41, 5.74) is 2.43. The first-order chi connectivity index (χ1) is 11.1. The summed E-state index contributed by atoms with van der Waals surface area (Å²) in [4.78, 5) is 15.9. The fraction of sp³-hybridized carbons (Fsp3) is 0.111. The first-order valence-corrected chi connectivity index (χ1v) is 7.59. The molecule has 0 aliphatic heterocycles. The first kappa shape index (κ1) is 15.3. The van der Waals surface area contributed by atoms with Crippen molar-refractivity contribution in [3.63, 3.8) is 0 Å². The molecule has 23 heavy (non-hydrogen) atoms. The second kappa shape index (κ2) is 6.67. The van der Waals surface area contributed by atoms with Crippen LogP contribution in [0.4, 0.5) is 5.69 Å². The van der Waals surface area contributed by atoms with E-state index < -0.39 is 12.0 Å². The van der Waals surface area contributed by atoms with Crippen LogP contribution in [0.2, 0.25) is 5.02 Å². The lowest BCUT2D eigenvalue weighted by Crippen LogP contribution is -2.31. The van der Waals surface area contributed by atoms with Crippen LogP contribution in [0.5, 0.6) is 0 Å². The third-order valence-corrected chi connectivity index (χ3v) is 3.85. The zero-order valence-corrected chi connectivity index (χ0v) is 13.0. The van der Waals surface area contributed by atoms with Crippen molar-refractivity contribution >= 4 is 34.2 Å². The highest BCUT2D eigenvalue weighted by molar-refractivity contribution is 6.31. The lowest BCUT2D eigenvalue weighted by atomic mass is 10.1. The molecule has 3 aromatic rings. The Balaban J connectivity index is 1.90. The Morgan fingerprint density at radius 1 is 1.17 bits per heavy atom. The van der Waals surface area contributed by atoms with Crippen LogP contribution >= 0.6 is 11.6 Å². The minimum Gasteiger partial charge on any atom is -0.480 e. The van der Waals surface area contributed by atoms with Crippen molar-refractivity contribution in [2.75, 3.05) is 5.32 Å². The number of fused-ring (bicyclic) bond motifs is 1. The molecule has 0 bridgehead atoms. The Hall–Kier alpha value is -2.59. The van der Waals surface area contributed by atoms with Crippen LogP contribution < -0.4 is 5.32 Å². The van der Waals surface area contributed by atoms with Gasteiger partial charge in [-0.15, -0.1) is 0 Å².